The molecule has 0 saturated heterocycles. The minimum absolute atomic E-state index is 0.0408. The first-order chi connectivity index (χ1) is 17.1. The highest BCUT2D eigenvalue weighted by molar-refractivity contribution is 5.74. The predicted octanol–water partition coefficient (Wildman–Crippen LogP) is 7.02. The maximum atomic E-state index is 14.3. The van der Waals surface area contributed by atoms with Gasteiger partial charge in [0, 0.05) is 23.1 Å². The molecule has 1 aliphatic heterocycles. The van der Waals surface area contributed by atoms with E-state index in [0.717, 1.165) is 17.2 Å². The summed E-state index contributed by atoms with van der Waals surface area (Å²) in [6.45, 7) is 0.267. The Kier molecular flexibility index (Phi) is 5.89. The Bertz CT molecular complexity index is 1320. The summed E-state index contributed by atoms with van der Waals surface area (Å²) in [6.07, 6.45) is -5.22. The molecule has 1 heterocycles. The van der Waals surface area contributed by atoms with Crippen LogP contribution in [0.3, 0.4) is 0 Å². The molecule has 0 amide bonds. The van der Waals surface area contributed by atoms with Crippen LogP contribution >= 0.6 is 0 Å². The number of ether oxygens (including phenoxy) is 2. The lowest BCUT2D eigenvalue weighted by Crippen LogP contribution is -2.34. The Labute approximate surface area is 203 Å². The van der Waals surface area contributed by atoms with Crippen molar-refractivity contribution in [3.8, 4) is 22.6 Å². The molecule has 0 fully saturated rings. The van der Waals surface area contributed by atoms with E-state index in [0.29, 0.717) is 35.5 Å². The number of halogens is 5. The quantitative estimate of drug-likeness (QED) is 0.367. The maximum Gasteiger partial charge on any atom is 0.458 e. The number of carbonyl (C=O) groups is 1. The van der Waals surface area contributed by atoms with Crippen LogP contribution in [0.4, 0.5) is 22.0 Å². The summed E-state index contributed by atoms with van der Waals surface area (Å²) in [7, 11) is 0. The van der Waals surface area contributed by atoms with Crippen LogP contribution in [0.5, 0.6) is 11.5 Å². The summed E-state index contributed by atoms with van der Waals surface area (Å²) in [4.78, 5) is 11.1. The molecule has 3 aromatic carbocycles. The van der Waals surface area contributed by atoms with E-state index in [1.807, 2.05) is 0 Å². The fourth-order valence-electron chi connectivity index (χ4n) is 5.01. The standard InChI is InChI=1S/C27H21F5O4/c28-26(29,27(30,31)32)22-7-2-1-4-20(22)18-5-3-6-21-19(18)10-11-23(21)36-16-8-9-17-15(12-25(33)34)14-35-24(17)13-16/h1-9,13,15,23H,10-12,14H2,(H,33,34). The predicted molar refractivity (Wildman–Crippen MR) is 120 cm³/mol. The second-order valence-corrected chi connectivity index (χ2v) is 8.94. The molecule has 188 valence electrons. The summed E-state index contributed by atoms with van der Waals surface area (Å²) in [6, 6.07) is 14.9. The molecule has 2 unspecified atom stereocenters. The first kappa shape index (κ1) is 24.1. The number of rotatable bonds is 6. The van der Waals surface area contributed by atoms with Crippen molar-refractivity contribution in [2.24, 2.45) is 0 Å². The van der Waals surface area contributed by atoms with Crippen molar-refractivity contribution in [3.63, 3.8) is 0 Å². The van der Waals surface area contributed by atoms with Gasteiger partial charge in [0.25, 0.3) is 0 Å². The van der Waals surface area contributed by atoms with Gasteiger partial charge in [-0.1, -0.05) is 48.5 Å². The van der Waals surface area contributed by atoms with Crippen molar-refractivity contribution >= 4 is 5.97 Å². The SMILES string of the molecule is O=C(O)CC1COc2cc(OC3CCc4c(-c5ccccc5C(F)(F)C(F)(F)F)cccc43)ccc21. The molecule has 1 N–H and O–H groups in total. The monoisotopic (exact) mass is 504 g/mol. The molecule has 2 atom stereocenters. The van der Waals surface area contributed by atoms with Crippen LogP contribution in [0.1, 0.15) is 47.1 Å². The number of carboxylic acid groups (broad SMARTS) is 1. The van der Waals surface area contributed by atoms with Gasteiger partial charge in [0.05, 0.1) is 13.0 Å². The first-order valence-corrected chi connectivity index (χ1v) is 11.4. The number of aliphatic carboxylic acids is 1. The molecular formula is C27H21F5O4. The third-order valence-electron chi connectivity index (χ3n) is 6.69. The fourth-order valence-corrected chi connectivity index (χ4v) is 5.01. The maximum absolute atomic E-state index is 14.3. The van der Waals surface area contributed by atoms with Gasteiger partial charge in [-0.2, -0.15) is 22.0 Å². The van der Waals surface area contributed by atoms with Crippen LogP contribution in [0, 0.1) is 0 Å². The van der Waals surface area contributed by atoms with Gasteiger partial charge in [0.15, 0.2) is 0 Å². The van der Waals surface area contributed by atoms with E-state index < -0.39 is 29.7 Å². The van der Waals surface area contributed by atoms with Crippen molar-refractivity contribution in [2.75, 3.05) is 6.61 Å². The first-order valence-electron chi connectivity index (χ1n) is 11.4. The average Bonchev–Trinajstić information content (AvgIpc) is 3.42. The summed E-state index contributed by atoms with van der Waals surface area (Å²) in [5, 5.41) is 9.07. The number of hydrogen-bond acceptors (Lipinski definition) is 3. The van der Waals surface area contributed by atoms with Gasteiger partial charge in [-0.15, -0.1) is 0 Å². The molecule has 0 aromatic heterocycles. The van der Waals surface area contributed by atoms with Crippen LogP contribution in [-0.4, -0.2) is 23.9 Å². The van der Waals surface area contributed by atoms with Crippen molar-refractivity contribution in [3.05, 3.63) is 82.9 Å². The Balaban J connectivity index is 1.44. The zero-order valence-electron chi connectivity index (χ0n) is 18.8. The molecule has 0 saturated carbocycles. The Morgan fingerprint density at radius 2 is 1.72 bits per heavy atom. The second kappa shape index (κ2) is 8.80. The average molecular weight is 504 g/mol. The topological polar surface area (TPSA) is 55.8 Å². The lowest BCUT2D eigenvalue weighted by molar-refractivity contribution is -0.289. The number of alkyl halides is 5. The molecule has 9 heteroatoms. The highest BCUT2D eigenvalue weighted by Gasteiger charge is 2.59. The van der Waals surface area contributed by atoms with Gasteiger partial charge in [0.2, 0.25) is 0 Å². The smallest absolute Gasteiger partial charge is 0.458 e. The second-order valence-electron chi connectivity index (χ2n) is 8.94. The number of carboxylic acids is 1. The van der Waals surface area contributed by atoms with Crippen LogP contribution < -0.4 is 9.47 Å². The molecule has 0 bridgehead atoms. The summed E-state index contributed by atoms with van der Waals surface area (Å²) < 4.78 is 80.0. The van der Waals surface area contributed by atoms with E-state index in [9.17, 15) is 26.7 Å². The number of hydrogen-bond donors (Lipinski definition) is 1. The van der Waals surface area contributed by atoms with E-state index >= 15 is 0 Å². The van der Waals surface area contributed by atoms with E-state index in [1.165, 1.54) is 18.2 Å². The molecule has 4 nitrogen and oxygen atoms in total. The van der Waals surface area contributed by atoms with E-state index in [4.69, 9.17) is 14.6 Å². The van der Waals surface area contributed by atoms with E-state index in [1.54, 1.807) is 36.4 Å². The lowest BCUT2D eigenvalue weighted by Gasteiger charge is -2.23. The molecule has 0 radical (unpaired) electrons. The molecule has 36 heavy (non-hydrogen) atoms. The van der Waals surface area contributed by atoms with Crippen LogP contribution in [0.25, 0.3) is 11.1 Å². The van der Waals surface area contributed by atoms with E-state index in [2.05, 4.69) is 0 Å². The number of fused-ring (bicyclic) bond motifs is 2. The molecular weight excluding hydrogens is 483 g/mol. The van der Waals surface area contributed by atoms with Crippen LogP contribution in [-0.2, 0) is 17.1 Å². The van der Waals surface area contributed by atoms with Crippen LogP contribution in [0.15, 0.2) is 60.7 Å². The van der Waals surface area contributed by atoms with Crippen molar-refractivity contribution in [1.29, 1.82) is 0 Å². The molecule has 0 spiro atoms. The zero-order valence-corrected chi connectivity index (χ0v) is 18.8. The third kappa shape index (κ3) is 4.16. The zero-order chi connectivity index (χ0) is 25.7. The largest absolute Gasteiger partial charge is 0.492 e. The van der Waals surface area contributed by atoms with Gasteiger partial charge in [-0.3, -0.25) is 4.79 Å². The Morgan fingerprint density at radius 3 is 2.47 bits per heavy atom. The molecule has 5 rings (SSSR count). The van der Waals surface area contributed by atoms with Gasteiger partial charge >= 0.3 is 18.1 Å². The van der Waals surface area contributed by atoms with Gasteiger partial charge in [-0.25, -0.2) is 0 Å². The fraction of sp³-hybridized carbons (Fsp3) is 0.296. The van der Waals surface area contributed by atoms with Gasteiger partial charge in [0.1, 0.15) is 17.6 Å². The Morgan fingerprint density at radius 1 is 0.972 bits per heavy atom. The lowest BCUT2D eigenvalue weighted by atomic mass is 9.90. The Hall–Kier alpha value is -3.62. The normalized spacial score (nSPS) is 18.9. The van der Waals surface area contributed by atoms with Gasteiger partial charge in [-0.05, 0) is 41.2 Å². The molecule has 2 aliphatic rings. The van der Waals surface area contributed by atoms with Crippen molar-refractivity contribution < 1.29 is 41.3 Å². The summed E-state index contributed by atoms with van der Waals surface area (Å²) in [5.74, 6) is -5.10. The number of benzene rings is 3. The highest BCUT2D eigenvalue weighted by atomic mass is 19.4. The minimum atomic E-state index is -5.72. The van der Waals surface area contributed by atoms with Crippen molar-refractivity contribution in [1.82, 2.24) is 0 Å². The van der Waals surface area contributed by atoms with Crippen molar-refractivity contribution in [2.45, 2.75) is 43.4 Å². The minimum Gasteiger partial charge on any atom is -0.492 e. The van der Waals surface area contributed by atoms with E-state index in [-0.39, 0.29) is 24.5 Å². The van der Waals surface area contributed by atoms with Gasteiger partial charge < -0.3 is 14.6 Å². The summed E-state index contributed by atoms with van der Waals surface area (Å²) >= 11 is 0. The molecule has 3 aromatic rings. The third-order valence-corrected chi connectivity index (χ3v) is 6.69. The highest BCUT2D eigenvalue weighted by Crippen LogP contribution is 2.49. The summed E-state index contributed by atoms with van der Waals surface area (Å²) in [5.41, 5.74) is 1.28. The molecule has 1 aliphatic carbocycles. The van der Waals surface area contributed by atoms with Crippen LogP contribution in [0.2, 0.25) is 0 Å².